The molecule has 0 saturated carbocycles. The van der Waals surface area contributed by atoms with E-state index < -0.39 is 23.9 Å². The second kappa shape index (κ2) is 13.6. The molecule has 45 heavy (non-hydrogen) atoms. The third kappa shape index (κ3) is 6.44. The van der Waals surface area contributed by atoms with E-state index in [9.17, 15) is 0 Å². The van der Waals surface area contributed by atoms with Gasteiger partial charge in [0, 0.05) is 7.05 Å². The fourth-order valence-corrected chi connectivity index (χ4v) is 5.82. The van der Waals surface area contributed by atoms with Gasteiger partial charge in [-0.3, -0.25) is 5.01 Å². The molecule has 2 aromatic heterocycles. The number of rotatable bonds is 12. The van der Waals surface area contributed by atoms with E-state index in [0.717, 1.165) is 16.7 Å². The topological polar surface area (TPSA) is 101 Å². The summed E-state index contributed by atoms with van der Waals surface area (Å²) in [4.78, 5) is 8.13. The number of hydrogen-bond acceptors (Lipinski definition) is 8. The first-order valence-corrected chi connectivity index (χ1v) is 14.8. The molecule has 2 N–H and O–H groups in total. The van der Waals surface area contributed by atoms with Crippen LogP contribution in [0, 0.1) is 6.57 Å². The maximum atomic E-state index is 7.93. The van der Waals surface area contributed by atoms with Crippen LogP contribution in [-0.4, -0.2) is 46.1 Å². The number of nitrogens with two attached hydrogens (primary N) is 1. The van der Waals surface area contributed by atoms with Gasteiger partial charge in [-0.25, -0.2) is 20.2 Å². The van der Waals surface area contributed by atoms with Crippen LogP contribution < -0.4 is 10.9 Å². The summed E-state index contributed by atoms with van der Waals surface area (Å²) in [5.41, 5.74) is 3.58. The summed E-state index contributed by atoms with van der Waals surface area (Å²) in [7, 11) is 1.68. The van der Waals surface area contributed by atoms with E-state index in [1.165, 1.54) is 11.3 Å². The number of anilines is 1. The zero-order valence-corrected chi connectivity index (χ0v) is 25.3. The number of nitrogens with zero attached hydrogens (tertiary/aromatic N) is 5. The monoisotopic (exact) mass is 604 g/mol. The maximum Gasteiger partial charge on any atom is 0.218 e. The van der Waals surface area contributed by atoms with Crippen molar-refractivity contribution < 1.29 is 18.9 Å². The van der Waals surface area contributed by atoms with E-state index in [-0.39, 0.29) is 6.61 Å². The highest BCUT2D eigenvalue weighted by molar-refractivity contribution is 5.85. The molecule has 4 atom stereocenters. The molecule has 3 aromatic carbocycles. The molecule has 10 heteroatoms. The largest absolute Gasteiger partial charge is 0.374 e. The lowest BCUT2D eigenvalue weighted by Crippen LogP contribution is -2.47. The third-order valence-corrected chi connectivity index (χ3v) is 8.06. The third-order valence-electron chi connectivity index (χ3n) is 8.06. The van der Waals surface area contributed by atoms with Gasteiger partial charge in [0.1, 0.15) is 35.8 Å². The standard InChI is InChI=1S/C35H36N6O4/c1-35(44-22-27-17-11-6-12-18-27)32(29-19-28(37-2)31-34(40(3)36)38-24-39-41(29)31)45-30(23-42-20-25-13-7-4-8-14-25)33(35)43-21-26-15-9-5-10-16-26/h4-19,24,30,32-33H,20-23,36H2,1,3H3/t30-,32+,33-,35+/m1/s1. The molecule has 3 heterocycles. The highest BCUT2D eigenvalue weighted by Gasteiger charge is 2.57. The van der Waals surface area contributed by atoms with Crippen molar-refractivity contribution >= 4 is 17.0 Å². The Labute approximate surface area is 262 Å². The van der Waals surface area contributed by atoms with Crippen molar-refractivity contribution in [2.24, 2.45) is 5.84 Å². The SMILES string of the molecule is [C-]#[N+]c1cc([C@@H]2O[C@H](COCc3ccccc3)[C@@H](OCc3ccccc3)[C@@]2(C)OCc2ccccc2)n2ncnc(N(C)N)c12. The summed E-state index contributed by atoms with van der Waals surface area (Å²) in [6, 6.07) is 31.8. The van der Waals surface area contributed by atoms with Gasteiger partial charge >= 0.3 is 0 Å². The van der Waals surface area contributed by atoms with Gasteiger partial charge in [0.15, 0.2) is 5.82 Å². The number of fused-ring (bicyclic) bond motifs is 1. The van der Waals surface area contributed by atoms with E-state index in [2.05, 4.69) is 14.9 Å². The number of ether oxygens (including phenoxy) is 4. The molecule has 230 valence electrons. The lowest BCUT2D eigenvalue weighted by atomic mass is 9.90. The molecular formula is C35H36N6O4. The number of aromatic nitrogens is 3. The molecule has 0 radical (unpaired) electrons. The molecular weight excluding hydrogens is 568 g/mol. The van der Waals surface area contributed by atoms with Gasteiger partial charge in [0.2, 0.25) is 5.69 Å². The van der Waals surface area contributed by atoms with Crippen LogP contribution in [0.15, 0.2) is 103 Å². The summed E-state index contributed by atoms with van der Waals surface area (Å²) in [6.07, 6.45) is -0.295. The van der Waals surface area contributed by atoms with E-state index in [4.69, 9.17) is 31.4 Å². The molecule has 0 aliphatic carbocycles. The molecule has 6 rings (SSSR count). The molecule has 0 bridgehead atoms. The predicted octanol–water partition coefficient (Wildman–Crippen LogP) is 5.81. The van der Waals surface area contributed by atoms with Gasteiger partial charge in [0.05, 0.1) is 38.7 Å². The van der Waals surface area contributed by atoms with Crippen molar-refractivity contribution in [3.05, 3.63) is 137 Å². The lowest BCUT2D eigenvalue weighted by Gasteiger charge is -2.35. The molecule has 1 fully saturated rings. The molecule has 0 spiro atoms. The Morgan fingerprint density at radius 1 is 0.933 bits per heavy atom. The summed E-state index contributed by atoms with van der Waals surface area (Å²) in [5.74, 6) is 6.53. The second-order valence-corrected chi connectivity index (χ2v) is 11.3. The Balaban J connectivity index is 1.40. The average Bonchev–Trinajstić information content (AvgIpc) is 3.58. The summed E-state index contributed by atoms with van der Waals surface area (Å²) >= 11 is 0. The second-order valence-electron chi connectivity index (χ2n) is 11.3. The minimum Gasteiger partial charge on any atom is -0.374 e. The van der Waals surface area contributed by atoms with Crippen LogP contribution in [0.4, 0.5) is 11.5 Å². The maximum absolute atomic E-state index is 7.93. The first-order chi connectivity index (χ1) is 22.0. The van der Waals surface area contributed by atoms with Crippen LogP contribution in [0.3, 0.4) is 0 Å². The quantitative estimate of drug-likeness (QED) is 0.108. The van der Waals surface area contributed by atoms with Crippen LogP contribution in [0.5, 0.6) is 0 Å². The predicted molar refractivity (Wildman–Crippen MR) is 170 cm³/mol. The van der Waals surface area contributed by atoms with Crippen molar-refractivity contribution in [1.82, 2.24) is 14.6 Å². The normalized spacial score (nSPS) is 21.2. The van der Waals surface area contributed by atoms with Gasteiger partial charge in [0.25, 0.3) is 0 Å². The van der Waals surface area contributed by atoms with E-state index in [1.54, 1.807) is 17.6 Å². The van der Waals surface area contributed by atoms with Gasteiger partial charge < -0.3 is 18.9 Å². The summed E-state index contributed by atoms with van der Waals surface area (Å²) in [5, 5.41) is 5.92. The minimum atomic E-state index is -1.02. The Kier molecular flexibility index (Phi) is 9.16. The van der Waals surface area contributed by atoms with E-state index in [0.29, 0.717) is 42.5 Å². The zero-order chi connectivity index (χ0) is 31.2. The zero-order valence-electron chi connectivity index (χ0n) is 25.3. The number of hydrogen-bond donors (Lipinski definition) is 1. The van der Waals surface area contributed by atoms with Crippen molar-refractivity contribution in [2.45, 2.75) is 50.7 Å². The van der Waals surface area contributed by atoms with Gasteiger partial charge in [-0.2, -0.15) is 5.10 Å². The number of hydrazine groups is 1. The molecule has 0 unspecified atom stereocenters. The van der Waals surface area contributed by atoms with Crippen molar-refractivity contribution in [3.8, 4) is 0 Å². The van der Waals surface area contributed by atoms with Crippen molar-refractivity contribution in [3.63, 3.8) is 0 Å². The van der Waals surface area contributed by atoms with Gasteiger partial charge in [-0.15, -0.1) is 0 Å². The Hall–Kier alpha value is -4.63. The average molecular weight is 605 g/mol. The Morgan fingerprint density at radius 3 is 2.13 bits per heavy atom. The highest BCUT2D eigenvalue weighted by Crippen LogP contribution is 2.48. The Morgan fingerprint density at radius 2 is 1.53 bits per heavy atom. The highest BCUT2D eigenvalue weighted by atomic mass is 16.6. The minimum absolute atomic E-state index is 0.264. The summed E-state index contributed by atoms with van der Waals surface area (Å²) < 4.78 is 28.3. The molecule has 5 aromatic rings. The molecule has 1 aliphatic heterocycles. The van der Waals surface area contributed by atoms with Crippen LogP contribution in [0.1, 0.15) is 35.4 Å². The van der Waals surface area contributed by atoms with Crippen LogP contribution >= 0.6 is 0 Å². The fourth-order valence-electron chi connectivity index (χ4n) is 5.82. The van der Waals surface area contributed by atoms with E-state index in [1.807, 2.05) is 97.9 Å². The van der Waals surface area contributed by atoms with Gasteiger partial charge in [-0.05, 0) is 29.7 Å². The first kappa shape index (κ1) is 30.4. The molecule has 1 aliphatic rings. The molecule has 1 saturated heterocycles. The lowest BCUT2D eigenvalue weighted by molar-refractivity contribution is -0.148. The van der Waals surface area contributed by atoms with E-state index >= 15 is 0 Å². The fraction of sp³-hybridized carbons (Fsp3) is 0.286. The first-order valence-electron chi connectivity index (χ1n) is 14.8. The van der Waals surface area contributed by atoms with Crippen LogP contribution in [0.25, 0.3) is 10.4 Å². The number of benzene rings is 3. The smallest absolute Gasteiger partial charge is 0.218 e. The molecule has 10 nitrogen and oxygen atoms in total. The summed E-state index contributed by atoms with van der Waals surface area (Å²) in [6.45, 7) is 11.3. The van der Waals surface area contributed by atoms with Crippen molar-refractivity contribution in [2.75, 3.05) is 18.7 Å². The Bertz CT molecular complexity index is 1740. The molecule has 0 amide bonds. The van der Waals surface area contributed by atoms with Crippen molar-refractivity contribution in [1.29, 1.82) is 0 Å². The van der Waals surface area contributed by atoms with Crippen LogP contribution in [0.2, 0.25) is 0 Å². The van der Waals surface area contributed by atoms with Crippen LogP contribution in [-0.2, 0) is 38.8 Å². The van der Waals surface area contributed by atoms with Gasteiger partial charge in [-0.1, -0.05) is 91.0 Å².